The molecule has 0 bridgehead atoms. The zero-order valence-electron chi connectivity index (χ0n) is 17.3. The summed E-state index contributed by atoms with van der Waals surface area (Å²) in [6, 6.07) is -0.613. The molecule has 0 aliphatic carbocycles. The summed E-state index contributed by atoms with van der Waals surface area (Å²) in [5, 5.41) is 35.6. The average molecular weight is 420 g/mol. The van der Waals surface area contributed by atoms with Gasteiger partial charge in [-0.2, -0.15) is 0 Å². The number of carbonyl (C=O) groups is 2. The molecule has 0 spiro atoms. The van der Waals surface area contributed by atoms with Gasteiger partial charge < -0.3 is 44.9 Å². The van der Waals surface area contributed by atoms with E-state index in [2.05, 4.69) is 10.6 Å². The number of nitrogens with one attached hydrogen (secondary N) is 2. The summed E-state index contributed by atoms with van der Waals surface area (Å²) in [7, 11) is 0. The number of rotatable bonds is 7. The van der Waals surface area contributed by atoms with Crippen molar-refractivity contribution < 1.29 is 43.9 Å². The monoisotopic (exact) mass is 420 g/mol. The Morgan fingerprint density at radius 2 is 1.72 bits per heavy atom. The first-order valence-corrected chi connectivity index (χ1v) is 9.59. The third-order valence-corrected chi connectivity index (χ3v) is 4.80. The average Bonchev–Trinajstić information content (AvgIpc) is 2.89. The minimum atomic E-state index is -1.53. The van der Waals surface area contributed by atoms with Crippen molar-refractivity contribution in [2.24, 2.45) is 0 Å². The van der Waals surface area contributed by atoms with Gasteiger partial charge in [-0.25, -0.2) is 0 Å². The van der Waals surface area contributed by atoms with E-state index in [4.69, 9.17) is 18.9 Å². The van der Waals surface area contributed by atoms with E-state index >= 15 is 0 Å². The SMILES string of the molecule is CC(=O)NCC1OC(OC[C@H](NC(C)=O)[C@@H]2OC(C)(C)O[C@@H]2C)C(O)C(O)C1O. The quantitative estimate of drug-likeness (QED) is 0.314. The van der Waals surface area contributed by atoms with Crippen LogP contribution in [0, 0.1) is 0 Å². The van der Waals surface area contributed by atoms with Crippen LogP contribution in [0.15, 0.2) is 0 Å². The molecule has 2 amide bonds. The second kappa shape index (κ2) is 9.65. The van der Waals surface area contributed by atoms with Gasteiger partial charge in [0.1, 0.15) is 30.5 Å². The molecule has 5 N–H and O–H groups in total. The molecular weight excluding hydrogens is 388 g/mol. The first kappa shape index (κ1) is 23.9. The van der Waals surface area contributed by atoms with Crippen molar-refractivity contribution in [2.75, 3.05) is 13.2 Å². The number of hydrogen-bond acceptors (Lipinski definition) is 9. The standard InChI is InChI=1S/C18H32N2O9/c1-8-16(29-18(4,5)28-8)11(20-10(3)22)7-26-17-15(25)14(24)13(23)12(27-17)6-19-9(2)21/h8,11-17,23-25H,6-7H2,1-5H3,(H,19,21)(H,20,22)/t8-,11+,12?,13?,14?,15?,16-,17?/m1/s1. The molecule has 2 aliphatic heterocycles. The number of aliphatic hydroxyl groups excluding tert-OH is 3. The Morgan fingerprint density at radius 3 is 2.24 bits per heavy atom. The van der Waals surface area contributed by atoms with Crippen LogP contribution in [0.4, 0.5) is 0 Å². The van der Waals surface area contributed by atoms with Gasteiger partial charge in [0.15, 0.2) is 12.1 Å². The zero-order valence-corrected chi connectivity index (χ0v) is 17.3. The van der Waals surface area contributed by atoms with Crippen LogP contribution < -0.4 is 10.6 Å². The smallest absolute Gasteiger partial charge is 0.217 e. The van der Waals surface area contributed by atoms with Crippen LogP contribution in [0.3, 0.4) is 0 Å². The van der Waals surface area contributed by atoms with E-state index in [1.807, 2.05) is 6.92 Å². The van der Waals surface area contributed by atoms with Crippen LogP contribution in [0.25, 0.3) is 0 Å². The van der Waals surface area contributed by atoms with Crippen molar-refractivity contribution >= 4 is 11.8 Å². The Bertz CT molecular complexity index is 588. The van der Waals surface area contributed by atoms with E-state index in [1.165, 1.54) is 13.8 Å². The second-order valence-corrected chi connectivity index (χ2v) is 7.90. The van der Waals surface area contributed by atoms with Gasteiger partial charge in [-0.15, -0.1) is 0 Å². The molecule has 2 fully saturated rings. The number of ether oxygens (including phenoxy) is 4. The highest BCUT2D eigenvalue weighted by Crippen LogP contribution is 2.30. The summed E-state index contributed by atoms with van der Waals surface area (Å²) >= 11 is 0. The molecule has 0 aromatic rings. The maximum Gasteiger partial charge on any atom is 0.217 e. The molecule has 2 rings (SSSR count). The fraction of sp³-hybridized carbons (Fsp3) is 0.889. The Kier molecular flexibility index (Phi) is 7.96. The van der Waals surface area contributed by atoms with Crippen LogP contribution in [0.5, 0.6) is 0 Å². The fourth-order valence-corrected chi connectivity index (χ4v) is 3.52. The van der Waals surface area contributed by atoms with Crippen molar-refractivity contribution in [1.29, 1.82) is 0 Å². The summed E-state index contributed by atoms with van der Waals surface area (Å²) in [6.45, 7) is 7.81. The van der Waals surface area contributed by atoms with Gasteiger partial charge in [0.2, 0.25) is 11.8 Å². The topological polar surface area (TPSA) is 156 Å². The summed E-state index contributed by atoms with van der Waals surface area (Å²) < 4.78 is 22.7. The first-order valence-electron chi connectivity index (χ1n) is 9.59. The molecule has 8 atom stereocenters. The van der Waals surface area contributed by atoms with Crippen LogP contribution >= 0.6 is 0 Å². The van der Waals surface area contributed by atoms with Crippen LogP contribution in [-0.4, -0.2) is 95.0 Å². The molecule has 0 aromatic heterocycles. The normalized spacial score (nSPS) is 37.7. The lowest BCUT2D eigenvalue weighted by molar-refractivity contribution is -0.297. The molecule has 2 saturated heterocycles. The van der Waals surface area contributed by atoms with Crippen molar-refractivity contribution in [2.45, 2.75) is 89.4 Å². The molecule has 2 heterocycles. The van der Waals surface area contributed by atoms with Gasteiger partial charge in [0.25, 0.3) is 0 Å². The van der Waals surface area contributed by atoms with Crippen LogP contribution in [0.2, 0.25) is 0 Å². The molecule has 2 aliphatic rings. The Labute approximate surface area is 169 Å². The Balaban J connectivity index is 2.04. The minimum absolute atomic E-state index is 0.0694. The lowest BCUT2D eigenvalue weighted by Crippen LogP contribution is -2.61. The Hall–Kier alpha value is -1.34. The highest BCUT2D eigenvalue weighted by Gasteiger charge is 2.46. The highest BCUT2D eigenvalue weighted by molar-refractivity contribution is 5.73. The van der Waals surface area contributed by atoms with E-state index in [0.29, 0.717) is 0 Å². The van der Waals surface area contributed by atoms with Crippen molar-refractivity contribution in [3.63, 3.8) is 0 Å². The molecule has 0 radical (unpaired) electrons. The van der Waals surface area contributed by atoms with Gasteiger partial charge in [0.05, 0.1) is 18.8 Å². The number of carbonyl (C=O) groups excluding carboxylic acids is 2. The third-order valence-electron chi connectivity index (χ3n) is 4.80. The third kappa shape index (κ3) is 6.32. The molecule has 168 valence electrons. The summed E-state index contributed by atoms with van der Waals surface area (Å²) in [4.78, 5) is 22.7. The van der Waals surface area contributed by atoms with Gasteiger partial charge in [-0.05, 0) is 20.8 Å². The predicted molar refractivity (Wildman–Crippen MR) is 98.4 cm³/mol. The predicted octanol–water partition coefficient (Wildman–Crippen LogP) is -2.01. The number of amides is 2. The van der Waals surface area contributed by atoms with Crippen molar-refractivity contribution in [3.8, 4) is 0 Å². The van der Waals surface area contributed by atoms with E-state index in [1.54, 1.807) is 13.8 Å². The molecule has 0 saturated carbocycles. The zero-order chi connectivity index (χ0) is 21.9. The maximum absolute atomic E-state index is 11.6. The lowest BCUT2D eigenvalue weighted by atomic mass is 9.98. The summed E-state index contributed by atoms with van der Waals surface area (Å²) in [5.74, 6) is -1.46. The highest BCUT2D eigenvalue weighted by atomic mass is 16.8. The fourth-order valence-electron chi connectivity index (χ4n) is 3.52. The van der Waals surface area contributed by atoms with Crippen molar-refractivity contribution in [1.82, 2.24) is 10.6 Å². The van der Waals surface area contributed by atoms with Gasteiger partial charge >= 0.3 is 0 Å². The molecule has 0 aromatic carbocycles. The van der Waals surface area contributed by atoms with Gasteiger partial charge in [-0.3, -0.25) is 9.59 Å². The number of aliphatic hydroxyl groups is 3. The summed E-state index contributed by atoms with van der Waals surface area (Å²) in [6.07, 6.45) is -7.57. The first-order chi connectivity index (χ1) is 13.4. The van der Waals surface area contributed by atoms with E-state index in [-0.39, 0.29) is 31.1 Å². The minimum Gasteiger partial charge on any atom is -0.388 e. The van der Waals surface area contributed by atoms with E-state index in [9.17, 15) is 24.9 Å². The second-order valence-electron chi connectivity index (χ2n) is 7.90. The summed E-state index contributed by atoms with van der Waals surface area (Å²) in [5.41, 5.74) is 0. The molecule has 11 heteroatoms. The van der Waals surface area contributed by atoms with Crippen molar-refractivity contribution in [3.05, 3.63) is 0 Å². The lowest BCUT2D eigenvalue weighted by Gasteiger charge is -2.41. The van der Waals surface area contributed by atoms with Gasteiger partial charge in [0, 0.05) is 20.4 Å². The van der Waals surface area contributed by atoms with Crippen LogP contribution in [0.1, 0.15) is 34.6 Å². The number of hydrogen-bond donors (Lipinski definition) is 5. The Morgan fingerprint density at radius 1 is 1.07 bits per heavy atom. The largest absolute Gasteiger partial charge is 0.388 e. The van der Waals surface area contributed by atoms with E-state index in [0.717, 1.165) is 0 Å². The molecule has 29 heavy (non-hydrogen) atoms. The van der Waals surface area contributed by atoms with Crippen LogP contribution in [-0.2, 0) is 28.5 Å². The molecule has 11 nitrogen and oxygen atoms in total. The molecule has 5 unspecified atom stereocenters. The van der Waals surface area contributed by atoms with E-state index < -0.39 is 48.6 Å². The molecular formula is C18H32N2O9. The maximum atomic E-state index is 11.6. The van der Waals surface area contributed by atoms with Gasteiger partial charge in [-0.1, -0.05) is 0 Å².